The molecule has 2 saturated heterocycles. The summed E-state index contributed by atoms with van der Waals surface area (Å²) in [5.41, 5.74) is 0.995. The number of alkyl halides is 3. The maximum atomic E-state index is 10.6. The number of halogens is 3. The van der Waals surface area contributed by atoms with Crippen LogP contribution in [0.15, 0.2) is 23.8 Å². The summed E-state index contributed by atoms with van der Waals surface area (Å²) in [7, 11) is 0. The van der Waals surface area contributed by atoms with Gasteiger partial charge >= 0.3 is 12.1 Å². The van der Waals surface area contributed by atoms with E-state index in [0.29, 0.717) is 12.6 Å². The van der Waals surface area contributed by atoms with Crippen LogP contribution >= 0.6 is 11.3 Å². The molecular weight excluding hydrogens is 425 g/mol. The van der Waals surface area contributed by atoms with Crippen LogP contribution in [0.25, 0.3) is 0 Å². The monoisotopic (exact) mass is 446 g/mol. The third-order valence-corrected chi connectivity index (χ3v) is 5.46. The SMILES string of the molecule is Cc1nc(CO[C@H]2CN(c3ncccn3)[C@@H]3CCCO[C@H]23)cs1.O=C(O)C(F)(F)F. The fourth-order valence-corrected chi connectivity index (χ4v) is 3.99. The van der Waals surface area contributed by atoms with Crippen molar-refractivity contribution >= 4 is 23.3 Å². The number of hydrogen-bond donors (Lipinski definition) is 1. The molecule has 2 aliphatic heterocycles. The number of anilines is 1. The van der Waals surface area contributed by atoms with Crippen LogP contribution in [-0.2, 0) is 20.9 Å². The highest BCUT2D eigenvalue weighted by atomic mass is 32.1. The molecule has 2 aromatic heterocycles. The molecule has 0 aliphatic carbocycles. The predicted molar refractivity (Wildman–Crippen MR) is 101 cm³/mol. The van der Waals surface area contributed by atoms with E-state index in [4.69, 9.17) is 19.4 Å². The Morgan fingerprint density at radius 3 is 2.70 bits per heavy atom. The van der Waals surface area contributed by atoms with Crippen molar-refractivity contribution in [2.45, 2.75) is 50.8 Å². The average Bonchev–Trinajstić information content (AvgIpc) is 3.30. The van der Waals surface area contributed by atoms with E-state index < -0.39 is 12.1 Å². The molecule has 12 heteroatoms. The molecule has 0 aromatic carbocycles. The lowest BCUT2D eigenvalue weighted by Gasteiger charge is -2.32. The first-order valence-electron chi connectivity index (χ1n) is 9.23. The second kappa shape index (κ2) is 9.67. The van der Waals surface area contributed by atoms with Crippen LogP contribution in [0.5, 0.6) is 0 Å². The standard InChI is InChI=1S/C16H20N4O2S.C2HF3O2/c1-11-19-12(10-23-11)9-22-14-8-20(16-17-5-3-6-18-16)13-4-2-7-21-15(13)14;3-2(4,5)1(6)7/h3,5-6,10,13-15H,2,4,7-9H2,1H3;(H,6,7)/t13-,14+,15+;/m1./s1. The molecule has 0 spiro atoms. The van der Waals surface area contributed by atoms with E-state index in [1.807, 2.05) is 13.0 Å². The number of rotatable bonds is 4. The Labute approximate surface area is 174 Å². The van der Waals surface area contributed by atoms with Crippen LogP contribution in [0.1, 0.15) is 23.5 Å². The van der Waals surface area contributed by atoms with Gasteiger partial charge in [0, 0.05) is 24.4 Å². The van der Waals surface area contributed by atoms with Crippen molar-refractivity contribution < 1.29 is 32.5 Å². The van der Waals surface area contributed by atoms with E-state index in [-0.39, 0.29) is 12.2 Å². The molecule has 30 heavy (non-hydrogen) atoms. The number of carboxylic acids is 1. The summed E-state index contributed by atoms with van der Waals surface area (Å²) in [6, 6.07) is 2.14. The van der Waals surface area contributed by atoms with Gasteiger partial charge in [0.1, 0.15) is 12.2 Å². The summed E-state index contributed by atoms with van der Waals surface area (Å²) >= 11 is 1.65. The van der Waals surface area contributed by atoms with Gasteiger partial charge in [-0.2, -0.15) is 13.2 Å². The predicted octanol–water partition coefficient (Wildman–Crippen LogP) is 2.83. The van der Waals surface area contributed by atoms with Crippen LogP contribution in [0.3, 0.4) is 0 Å². The molecule has 2 aromatic rings. The quantitative estimate of drug-likeness (QED) is 0.766. The van der Waals surface area contributed by atoms with Gasteiger partial charge in [-0.1, -0.05) is 0 Å². The Bertz CT molecular complexity index is 836. The summed E-state index contributed by atoms with van der Waals surface area (Å²) in [6.07, 6.45) is 0.778. The number of ether oxygens (including phenoxy) is 2. The molecule has 0 saturated carbocycles. The van der Waals surface area contributed by atoms with E-state index in [9.17, 15) is 13.2 Å². The molecule has 4 rings (SSSR count). The highest BCUT2D eigenvalue weighted by Gasteiger charge is 2.45. The molecule has 2 fully saturated rings. The molecule has 0 amide bonds. The van der Waals surface area contributed by atoms with E-state index in [1.165, 1.54) is 0 Å². The highest BCUT2D eigenvalue weighted by molar-refractivity contribution is 7.09. The van der Waals surface area contributed by atoms with Gasteiger partial charge in [-0.05, 0) is 25.8 Å². The van der Waals surface area contributed by atoms with E-state index in [2.05, 4.69) is 25.2 Å². The molecule has 1 N–H and O–H groups in total. The number of thiazole rings is 1. The Morgan fingerprint density at radius 1 is 1.40 bits per heavy atom. The van der Waals surface area contributed by atoms with Gasteiger partial charge in [-0.3, -0.25) is 0 Å². The largest absolute Gasteiger partial charge is 0.490 e. The fraction of sp³-hybridized carbons (Fsp3) is 0.556. The topological polar surface area (TPSA) is 97.7 Å². The maximum Gasteiger partial charge on any atom is 0.490 e. The van der Waals surface area contributed by atoms with Crippen LogP contribution < -0.4 is 4.90 Å². The van der Waals surface area contributed by atoms with Crippen molar-refractivity contribution in [3.05, 3.63) is 34.5 Å². The minimum atomic E-state index is -5.08. The lowest BCUT2D eigenvalue weighted by atomic mass is 10.0. The second-order valence-corrected chi connectivity index (χ2v) is 7.82. The zero-order valence-electron chi connectivity index (χ0n) is 16.1. The van der Waals surface area contributed by atoms with Crippen LogP contribution in [0.4, 0.5) is 19.1 Å². The van der Waals surface area contributed by atoms with Crippen molar-refractivity contribution in [2.75, 3.05) is 18.1 Å². The molecule has 8 nitrogen and oxygen atoms in total. The van der Waals surface area contributed by atoms with Crippen LogP contribution in [0, 0.1) is 6.92 Å². The molecule has 2 aliphatic rings. The van der Waals surface area contributed by atoms with Gasteiger partial charge in [0.15, 0.2) is 0 Å². The molecule has 4 heterocycles. The van der Waals surface area contributed by atoms with Gasteiger partial charge in [-0.15, -0.1) is 11.3 Å². The number of aromatic nitrogens is 3. The van der Waals surface area contributed by atoms with Gasteiger partial charge in [0.05, 0.1) is 29.9 Å². The first kappa shape index (κ1) is 22.4. The molecule has 3 atom stereocenters. The summed E-state index contributed by atoms with van der Waals surface area (Å²) in [5, 5.41) is 10.3. The van der Waals surface area contributed by atoms with Crippen molar-refractivity contribution in [3.63, 3.8) is 0 Å². The van der Waals surface area contributed by atoms with E-state index in [0.717, 1.165) is 42.6 Å². The number of fused-ring (bicyclic) bond motifs is 1. The van der Waals surface area contributed by atoms with Gasteiger partial charge in [0.2, 0.25) is 5.95 Å². The zero-order valence-corrected chi connectivity index (χ0v) is 16.9. The number of hydrogen-bond acceptors (Lipinski definition) is 8. The Hall–Kier alpha value is -2.31. The Morgan fingerprint density at radius 2 is 2.10 bits per heavy atom. The lowest BCUT2D eigenvalue weighted by Crippen LogP contribution is -2.42. The Balaban J connectivity index is 0.000000318. The minimum absolute atomic E-state index is 0.0334. The molecule has 0 radical (unpaired) electrons. The highest BCUT2D eigenvalue weighted by Crippen LogP contribution is 2.33. The number of nitrogens with zero attached hydrogens (tertiary/aromatic N) is 4. The van der Waals surface area contributed by atoms with Crippen molar-refractivity contribution in [1.29, 1.82) is 0 Å². The van der Waals surface area contributed by atoms with Gasteiger partial charge < -0.3 is 19.5 Å². The average molecular weight is 446 g/mol. The van der Waals surface area contributed by atoms with Crippen molar-refractivity contribution in [2.24, 2.45) is 0 Å². The van der Waals surface area contributed by atoms with Gasteiger partial charge in [0.25, 0.3) is 0 Å². The molecule has 164 valence electrons. The van der Waals surface area contributed by atoms with Gasteiger partial charge in [-0.25, -0.2) is 19.7 Å². The first-order chi connectivity index (χ1) is 14.3. The van der Waals surface area contributed by atoms with Crippen LogP contribution in [0.2, 0.25) is 0 Å². The lowest BCUT2D eigenvalue weighted by molar-refractivity contribution is -0.192. The Kier molecular flexibility index (Phi) is 7.21. The number of carbonyl (C=O) groups is 1. The number of aryl methyl sites for hydroxylation is 1. The third-order valence-electron chi connectivity index (χ3n) is 4.64. The first-order valence-corrected chi connectivity index (χ1v) is 10.1. The minimum Gasteiger partial charge on any atom is -0.475 e. The molecular formula is C18H21F3N4O4S. The third kappa shape index (κ3) is 5.64. The smallest absolute Gasteiger partial charge is 0.475 e. The maximum absolute atomic E-state index is 10.6. The fourth-order valence-electron chi connectivity index (χ4n) is 3.39. The molecule has 0 unspecified atom stereocenters. The summed E-state index contributed by atoms with van der Waals surface area (Å²) in [4.78, 5) is 24.4. The van der Waals surface area contributed by atoms with Crippen LogP contribution in [-0.4, -0.2) is 63.6 Å². The molecule has 0 bridgehead atoms. The normalized spacial score (nSPS) is 23.5. The number of carboxylic acid groups (broad SMARTS) is 1. The summed E-state index contributed by atoms with van der Waals surface area (Å²) < 4.78 is 43.9. The zero-order chi connectivity index (χ0) is 21.7. The number of aliphatic carboxylic acids is 1. The van der Waals surface area contributed by atoms with E-state index in [1.54, 1.807) is 23.7 Å². The van der Waals surface area contributed by atoms with E-state index >= 15 is 0 Å². The summed E-state index contributed by atoms with van der Waals surface area (Å²) in [5.74, 6) is -1.99. The van der Waals surface area contributed by atoms with Crippen molar-refractivity contribution in [3.8, 4) is 0 Å². The summed E-state index contributed by atoms with van der Waals surface area (Å²) in [6.45, 7) is 4.12. The van der Waals surface area contributed by atoms with Crippen molar-refractivity contribution in [1.82, 2.24) is 15.0 Å². The second-order valence-electron chi connectivity index (χ2n) is 6.76.